The van der Waals surface area contributed by atoms with Crippen LogP contribution in [0.1, 0.15) is 17.3 Å². The van der Waals surface area contributed by atoms with Crippen molar-refractivity contribution in [2.75, 3.05) is 42.5 Å². The molecule has 3 rings (SSSR count). The van der Waals surface area contributed by atoms with Crippen LogP contribution in [0.3, 0.4) is 0 Å². The average Bonchev–Trinajstić information content (AvgIpc) is 2.77. The topological polar surface area (TPSA) is 65.4 Å². The van der Waals surface area contributed by atoms with Gasteiger partial charge in [-0.3, -0.25) is 9.98 Å². The van der Waals surface area contributed by atoms with Crippen molar-refractivity contribution in [1.82, 2.24) is 9.88 Å². The lowest BCUT2D eigenvalue weighted by Crippen LogP contribution is -2.11. The van der Waals surface area contributed by atoms with Crippen molar-refractivity contribution in [3.05, 3.63) is 53.9 Å². The van der Waals surface area contributed by atoms with E-state index in [0.717, 1.165) is 22.0 Å². The summed E-state index contributed by atoms with van der Waals surface area (Å²) in [6, 6.07) is 11.3. The van der Waals surface area contributed by atoms with Gasteiger partial charge in [0.15, 0.2) is 23.0 Å². The van der Waals surface area contributed by atoms with Crippen molar-refractivity contribution in [2.24, 2.45) is 4.99 Å². The second-order valence-electron chi connectivity index (χ2n) is 6.87. The molecule has 3 aromatic rings. The number of hydrogen-bond acceptors (Lipinski definition) is 6. The van der Waals surface area contributed by atoms with Crippen molar-refractivity contribution in [3.8, 4) is 23.0 Å². The second kappa shape index (κ2) is 9.35. The molecule has 0 unspecified atom stereocenters. The van der Waals surface area contributed by atoms with E-state index in [2.05, 4.69) is 4.98 Å². The van der Waals surface area contributed by atoms with Gasteiger partial charge in [-0.15, -0.1) is 0 Å². The molecule has 7 heteroatoms. The van der Waals surface area contributed by atoms with Crippen LogP contribution in [0.4, 0.5) is 0 Å². The van der Waals surface area contributed by atoms with Gasteiger partial charge in [0.25, 0.3) is 0 Å². The van der Waals surface area contributed by atoms with Crippen LogP contribution < -0.4 is 18.9 Å². The minimum Gasteiger partial charge on any atom is -0.493 e. The molecule has 7 nitrogen and oxygen atoms in total. The van der Waals surface area contributed by atoms with E-state index < -0.39 is 0 Å². The van der Waals surface area contributed by atoms with Crippen LogP contribution in [0.5, 0.6) is 23.0 Å². The van der Waals surface area contributed by atoms with Crippen LogP contribution in [-0.2, 0) is 0 Å². The van der Waals surface area contributed by atoms with Crippen LogP contribution in [0.2, 0.25) is 0 Å². The minimum atomic E-state index is -0.353. The van der Waals surface area contributed by atoms with Gasteiger partial charge in [-0.25, -0.2) is 0 Å². The Morgan fingerprint density at radius 3 is 2.10 bits per heavy atom. The van der Waals surface area contributed by atoms with Gasteiger partial charge in [-0.2, -0.15) is 0 Å². The molecule has 0 amide bonds. The Kier molecular flexibility index (Phi) is 6.61. The Labute approximate surface area is 176 Å². The molecule has 0 saturated heterocycles. The number of ether oxygens (including phenoxy) is 4. The average molecular weight is 409 g/mol. The Bertz CT molecular complexity index is 1050. The highest BCUT2D eigenvalue weighted by Gasteiger charge is 2.20. The Morgan fingerprint density at radius 2 is 1.47 bits per heavy atom. The number of benzene rings is 2. The molecule has 0 aliphatic carbocycles. The molecule has 0 aliphatic rings. The van der Waals surface area contributed by atoms with Crippen molar-refractivity contribution in [3.63, 3.8) is 0 Å². The van der Waals surface area contributed by atoms with Gasteiger partial charge in [0, 0.05) is 25.7 Å². The van der Waals surface area contributed by atoms with Gasteiger partial charge < -0.3 is 23.8 Å². The first kappa shape index (κ1) is 21.2. The first-order valence-electron chi connectivity index (χ1n) is 9.44. The Morgan fingerprint density at radius 1 is 0.833 bits per heavy atom. The maximum absolute atomic E-state index is 5.51. The second-order valence-corrected chi connectivity index (χ2v) is 6.87. The van der Waals surface area contributed by atoms with Crippen molar-refractivity contribution in [1.29, 1.82) is 0 Å². The van der Waals surface area contributed by atoms with Gasteiger partial charge >= 0.3 is 0 Å². The summed E-state index contributed by atoms with van der Waals surface area (Å²) in [5.41, 5.74) is 1.74. The number of aromatic nitrogens is 1. The third-order valence-electron chi connectivity index (χ3n) is 4.73. The normalized spacial score (nSPS) is 12.1. The van der Waals surface area contributed by atoms with E-state index in [0.29, 0.717) is 23.0 Å². The number of nitrogens with zero attached hydrogens (tertiary/aromatic N) is 3. The van der Waals surface area contributed by atoms with E-state index in [1.807, 2.05) is 55.4 Å². The van der Waals surface area contributed by atoms with Crippen molar-refractivity contribution in [2.45, 2.75) is 6.04 Å². The van der Waals surface area contributed by atoms with E-state index in [1.165, 1.54) is 0 Å². The quantitative estimate of drug-likeness (QED) is 0.415. The summed E-state index contributed by atoms with van der Waals surface area (Å²) in [7, 11) is 10.3. The zero-order valence-electron chi connectivity index (χ0n) is 18.2. The lowest BCUT2D eigenvalue weighted by Gasteiger charge is -2.18. The maximum Gasteiger partial charge on any atom is 0.161 e. The summed E-state index contributed by atoms with van der Waals surface area (Å²) in [5.74, 6) is 2.61. The molecular formula is C23H27N3O4. The Balaban J connectivity index is 2.23. The summed E-state index contributed by atoms with van der Waals surface area (Å²) in [4.78, 5) is 11.4. The fraction of sp³-hybridized carbons (Fsp3) is 0.304. The molecule has 1 atom stereocenters. The summed E-state index contributed by atoms with van der Waals surface area (Å²) < 4.78 is 21.8. The van der Waals surface area contributed by atoms with Crippen LogP contribution >= 0.6 is 0 Å². The number of rotatable bonds is 8. The number of aliphatic imine (C=N–C) groups is 1. The molecule has 0 radical (unpaired) electrons. The standard InChI is InChI=1S/C23H27N3O4/c1-26(2)14-25-22(16-7-8-18(27-3)19(12-16)28-4)23-17-13-21(30-6)20(29-5)11-15(17)9-10-24-23/h7-14,22H,1-6H3/t22-/m0/s1. The van der Waals surface area contributed by atoms with Crippen LogP contribution in [-0.4, -0.2) is 58.8 Å². The minimum absolute atomic E-state index is 0.353. The first-order valence-corrected chi connectivity index (χ1v) is 9.44. The van der Waals surface area contributed by atoms with Crippen LogP contribution in [0.15, 0.2) is 47.6 Å². The molecular weight excluding hydrogens is 382 g/mol. The summed E-state index contributed by atoms with van der Waals surface area (Å²) >= 11 is 0. The fourth-order valence-corrected chi connectivity index (χ4v) is 3.28. The number of pyridine rings is 1. The molecule has 30 heavy (non-hydrogen) atoms. The molecule has 2 aromatic carbocycles. The fourth-order valence-electron chi connectivity index (χ4n) is 3.28. The lowest BCUT2D eigenvalue weighted by molar-refractivity contribution is 0.354. The highest BCUT2D eigenvalue weighted by molar-refractivity contribution is 5.88. The summed E-state index contributed by atoms with van der Waals surface area (Å²) in [6.45, 7) is 0. The summed E-state index contributed by atoms with van der Waals surface area (Å²) in [6.07, 6.45) is 3.56. The first-order chi connectivity index (χ1) is 14.5. The van der Waals surface area contributed by atoms with Crippen LogP contribution in [0, 0.1) is 0 Å². The van der Waals surface area contributed by atoms with E-state index in [1.54, 1.807) is 41.0 Å². The molecule has 0 aliphatic heterocycles. The molecule has 0 N–H and O–H groups in total. The van der Waals surface area contributed by atoms with Crippen molar-refractivity contribution >= 4 is 17.1 Å². The van der Waals surface area contributed by atoms with Crippen molar-refractivity contribution < 1.29 is 18.9 Å². The lowest BCUT2D eigenvalue weighted by atomic mass is 9.98. The third kappa shape index (κ3) is 4.25. The molecule has 1 heterocycles. The number of fused-ring (bicyclic) bond motifs is 1. The molecule has 1 aromatic heterocycles. The zero-order chi connectivity index (χ0) is 21.7. The van der Waals surface area contributed by atoms with Gasteiger partial charge in [0.2, 0.25) is 0 Å². The summed E-state index contributed by atoms with van der Waals surface area (Å²) in [5, 5.41) is 1.93. The van der Waals surface area contributed by atoms with Crippen LogP contribution in [0.25, 0.3) is 10.8 Å². The van der Waals surface area contributed by atoms with E-state index >= 15 is 0 Å². The number of methoxy groups -OCH3 is 4. The van der Waals surface area contributed by atoms with Gasteiger partial charge in [0.05, 0.1) is 40.5 Å². The van der Waals surface area contributed by atoms with E-state index in [9.17, 15) is 0 Å². The van der Waals surface area contributed by atoms with Gasteiger partial charge in [0.1, 0.15) is 6.04 Å². The SMILES string of the molecule is COc1ccc([C@H](N=CN(C)C)c2nccc3cc(OC)c(OC)cc23)cc1OC. The predicted molar refractivity (Wildman–Crippen MR) is 118 cm³/mol. The molecule has 0 saturated carbocycles. The predicted octanol–water partition coefficient (Wildman–Crippen LogP) is 3.95. The van der Waals surface area contributed by atoms with E-state index in [-0.39, 0.29) is 6.04 Å². The van der Waals surface area contributed by atoms with E-state index in [4.69, 9.17) is 23.9 Å². The molecule has 0 fully saturated rings. The molecule has 0 spiro atoms. The maximum atomic E-state index is 5.51. The third-order valence-corrected chi connectivity index (χ3v) is 4.73. The molecule has 158 valence electrons. The highest BCUT2D eigenvalue weighted by Crippen LogP contribution is 2.38. The largest absolute Gasteiger partial charge is 0.493 e. The zero-order valence-corrected chi connectivity index (χ0v) is 18.2. The Hall–Kier alpha value is -3.48. The van der Waals surface area contributed by atoms with Gasteiger partial charge in [-0.1, -0.05) is 6.07 Å². The van der Waals surface area contributed by atoms with Gasteiger partial charge in [-0.05, 0) is 41.3 Å². The number of hydrogen-bond donors (Lipinski definition) is 0. The highest BCUT2D eigenvalue weighted by atomic mass is 16.5. The monoisotopic (exact) mass is 409 g/mol. The smallest absolute Gasteiger partial charge is 0.161 e. The molecule has 0 bridgehead atoms.